The third-order valence-electron chi connectivity index (χ3n) is 3.54. The Morgan fingerprint density at radius 2 is 2.16 bits per heavy atom. The van der Waals surface area contributed by atoms with Gasteiger partial charge in [0.05, 0.1) is 6.61 Å². The van der Waals surface area contributed by atoms with Crippen molar-refractivity contribution in [1.82, 2.24) is 0 Å². The topological polar surface area (TPSA) is 43.4 Å². The minimum atomic E-state index is -0.155. The van der Waals surface area contributed by atoms with Crippen LogP contribution in [0.3, 0.4) is 0 Å². The lowest BCUT2D eigenvalue weighted by atomic mass is 9.89. The van der Waals surface area contributed by atoms with Gasteiger partial charge in [0.2, 0.25) is 0 Å². The van der Waals surface area contributed by atoms with Gasteiger partial charge >= 0.3 is 5.97 Å². The van der Waals surface area contributed by atoms with Gasteiger partial charge in [-0.3, -0.25) is 9.59 Å². The fourth-order valence-corrected chi connectivity index (χ4v) is 2.49. The van der Waals surface area contributed by atoms with Gasteiger partial charge in [0, 0.05) is 18.8 Å². The zero-order valence-electron chi connectivity index (χ0n) is 12.4. The average molecular weight is 266 g/mol. The van der Waals surface area contributed by atoms with Crippen LogP contribution in [0.4, 0.5) is 0 Å². The van der Waals surface area contributed by atoms with E-state index in [9.17, 15) is 9.59 Å². The molecule has 2 atom stereocenters. The Bertz CT molecular complexity index is 331. The molecular weight excluding hydrogens is 240 g/mol. The van der Waals surface area contributed by atoms with Crippen molar-refractivity contribution >= 4 is 11.8 Å². The molecule has 0 N–H and O–H groups in total. The molecule has 1 aliphatic rings. The molecule has 0 saturated heterocycles. The first-order valence-corrected chi connectivity index (χ1v) is 7.37. The van der Waals surface area contributed by atoms with Crippen LogP contribution in [0.5, 0.6) is 0 Å². The molecule has 0 amide bonds. The maximum atomic E-state index is 11.8. The molecule has 0 bridgehead atoms. The van der Waals surface area contributed by atoms with Crippen molar-refractivity contribution in [3.05, 3.63) is 12.2 Å². The van der Waals surface area contributed by atoms with Gasteiger partial charge in [0.15, 0.2) is 0 Å². The minimum absolute atomic E-state index is 0.0226. The first-order valence-electron chi connectivity index (χ1n) is 7.37. The van der Waals surface area contributed by atoms with Crippen molar-refractivity contribution in [1.29, 1.82) is 0 Å². The number of carbonyl (C=O) groups excluding carboxylic acids is 2. The summed E-state index contributed by atoms with van der Waals surface area (Å²) in [7, 11) is 0. The fraction of sp³-hybridized carbons (Fsp3) is 0.750. The van der Waals surface area contributed by atoms with E-state index >= 15 is 0 Å². The van der Waals surface area contributed by atoms with Crippen molar-refractivity contribution in [2.45, 2.75) is 52.9 Å². The van der Waals surface area contributed by atoms with Gasteiger partial charge in [-0.05, 0) is 31.1 Å². The summed E-state index contributed by atoms with van der Waals surface area (Å²) in [4.78, 5) is 23.6. The Balaban J connectivity index is 2.44. The van der Waals surface area contributed by atoms with Gasteiger partial charge in [-0.25, -0.2) is 0 Å². The van der Waals surface area contributed by atoms with Crippen LogP contribution in [0.1, 0.15) is 52.9 Å². The van der Waals surface area contributed by atoms with Crippen LogP contribution in [0.15, 0.2) is 12.2 Å². The maximum absolute atomic E-state index is 11.8. The normalized spacial score (nSPS) is 23.5. The molecule has 1 saturated carbocycles. The molecule has 0 spiro atoms. The van der Waals surface area contributed by atoms with Crippen molar-refractivity contribution in [2.75, 3.05) is 6.61 Å². The van der Waals surface area contributed by atoms with Gasteiger partial charge in [-0.1, -0.05) is 32.9 Å². The summed E-state index contributed by atoms with van der Waals surface area (Å²) < 4.78 is 5.21. The number of allylic oxidation sites excluding steroid dienone is 2. The van der Waals surface area contributed by atoms with Gasteiger partial charge in [0.1, 0.15) is 5.78 Å². The minimum Gasteiger partial charge on any atom is -0.465 e. The molecule has 3 nitrogen and oxygen atoms in total. The highest BCUT2D eigenvalue weighted by molar-refractivity contribution is 5.84. The number of hydrogen-bond donors (Lipinski definition) is 0. The molecule has 19 heavy (non-hydrogen) atoms. The van der Waals surface area contributed by atoms with Crippen LogP contribution >= 0.6 is 0 Å². The lowest BCUT2D eigenvalue weighted by Crippen LogP contribution is -2.19. The van der Waals surface area contributed by atoms with Crippen LogP contribution in [0, 0.1) is 17.8 Å². The van der Waals surface area contributed by atoms with Crippen molar-refractivity contribution in [3.63, 3.8) is 0 Å². The molecule has 0 aromatic rings. The number of Topliss-reactive ketones (excluding diaryl/α,β-unsaturated/α-hetero) is 1. The smallest absolute Gasteiger partial charge is 0.306 e. The molecule has 0 radical (unpaired) electrons. The van der Waals surface area contributed by atoms with Crippen molar-refractivity contribution in [3.8, 4) is 0 Å². The summed E-state index contributed by atoms with van der Waals surface area (Å²) >= 11 is 0. The number of esters is 1. The lowest BCUT2D eigenvalue weighted by Gasteiger charge is -2.16. The zero-order valence-corrected chi connectivity index (χ0v) is 12.4. The van der Waals surface area contributed by atoms with E-state index in [1.807, 2.05) is 13.8 Å². The predicted octanol–water partition coefficient (Wildman–Crippen LogP) is 3.53. The molecule has 1 aliphatic carbocycles. The van der Waals surface area contributed by atoms with E-state index < -0.39 is 0 Å². The first-order chi connectivity index (χ1) is 9.04. The number of hydrogen-bond acceptors (Lipinski definition) is 3. The van der Waals surface area contributed by atoms with E-state index in [1.165, 1.54) is 0 Å². The highest BCUT2D eigenvalue weighted by Crippen LogP contribution is 2.34. The Kier molecular flexibility index (Phi) is 6.82. The average Bonchev–Trinajstić information content (AvgIpc) is 2.69. The molecule has 2 unspecified atom stereocenters. The van der Waals surface area contributed by atoms with Crippen molar-refractivity contribution < 1.29 is 14.3 Å². The standard InChI is InChI=1S/C16H26O3/c1-4-5-6-7-14-13(8-9-15(14)17)10-16(18)19-11-12(2)3/h5-6,12-14H,4,7-11H2,1-3H3. The second kappa shape index (κ2) is 8.13. The first kappa shape index (κ1) is 15.9. The number of ketones is 1. The van der Waals surface area contributed by atoms with Gasteiger partial charge in [0.25, 0.3) is 0 Å². The molecule has 0 heterocycles. The van der Waals surface area contributed by atoms with Crippen LogP contribution < -0.4 is 0 Å². The van der Waals surface area contributed by atoms with E-state index in [-0.39, 0.29) is 17.8 Å². The SMILES string of the molecule is CCC=CCC1C(=O)CCC1CC(=O)OCC(C)C. The molecule has 0 aliphatic heterocycles. The Morgan fingerprint density at radius 3 is 2.79 bits per heavy atom. The van der Waals surface area contributed by atoms with Crippen LogP contribution in [-0.2, 0) is 14.3 Å². The molecule has 108 valence electrons. The molecule has 0 aromatic heterocycles. The van der Waals surface area contributed by atoms with E-state index in [1.54, 1.807) is 0 Å². The van der Waals surface area contributed by atoms with E-state index in [2.05, 4.69) is 19.1 Å². The summed E-state index contributed by atoms with van der Waals surface area (Å²) in [6, 6.07) is 0. The molecule has 0 aromatic carbocycles. The number of ether oxygens (including phenoxy) is 1. The van der Waals surface area contributed by atoms with E-state index in [0.29, 0.717) is 31.1 Å². The summed E-state index contributed by atoms with van der Waals surface area (Å²) in [5, 5.41) is 0. The summed E-state index contributed by atoms with van der Waals surface area (Å²) in [6.45, 7) is 6.59. The Labute approximate surface area is 116 Å². The number of carbonyl (C=O) groups is 2. The van der Waals surface area contributed by atoms with Gasteiger partial charge < -0.3 is 4.74 Å². The highest BCUT2D eigenvalue weighted by atomic mass is 16.5. The van der Waals surface area contributed by atoms with Gasteiger partial charge in [-0.15, -0.1) is 0 Å². The van der Waals surface area contributed by atoms with E-state index in [4.69, 9.17) is 4.74 Å². The zero-order chi connectivity index (χ0) is 14.3. The third kappa shape index (κ3) is 5.58. The van der Waals surface area contributed by atoms with Crippen molar-refractivity contribution in [2.24, 2.45) is 17.8 Å². The third-order valence-corrected chi connectivity index (χ3v) is 3.54. The monoisotopic (exact) mass is 266 g/mol. The molecule has 1 rings (SSSR count). The second-order valence-corrected chi connectivity index (χ2v) is 5.77. The molecule has 3 heteroatoms. The van der Waals surface area contributed by atoms with Gasteiger partial charge in [-0.2, -0.15) is 0 Å². The quantitative estimate of drug-likeness (QED) is 0.523. The van der Waals surface area contributed by atoms with Crippen LogP contribution in [0.2, 0.25) is 0 Å². The van der Waals surface area contributed by atoms with Crippen LogP contribution in [-0.4, -0.2) is 18.4 Å². The summed E-state index contributed by atoms with van der Waals surface area (Å²) in [6.07, 6.45) is 7.76. The molecule has 1 fully saturated rings. The Hall–Kier alpha value is -1.12. The number of rotatable bonds is 7. The second-order valence-electron chi connectivity index (χ2n) is 5.77. The summed E-state index contributed by atoms with van der Waals surface area (Å²) in [5.41, 5.74) is 0. The molecular formula is C16H26O3. The highest BCUT2D eigenvalue weighted by Gasteiger charge is 2.35. The van der Waals surface area contributed by atoms with E-state index in [0.717, 1.165) is 19.3 Å². The predicted molar refractivity (Wildman–Crippen MR) is 75.7 cm³/mol. The Morgan fingerprint density at radius 1 is 1.42 bits per heavy atom. The largest absolute Gasteiger partial charge is 0.465 e. The summed E-state index contributed by atoms with van der Waals surface area (Å²) in [5.74, 6) is 0.709. The fourth-order valence-electron chi connectivity index (χ4n) is 2.49. The lowest BCUT2D eigenvalue weighted by molar-refractivity contribution is -0.146. The van der Waals surface area contributed by atoms with Crippen LogP contribution in [0.25, 0.3) is 0 Å². The maximum Gasteiger partial charge on any atom is 0.306 e.